The molecule has 6 heteroatoms. The highest BCUT2D eigenvalue weighted by atomic mass is 32.2. The minimum absolute atomic E-state index is 0.00290. The Labute approximate surface area is 110 Å². The highest BCUT2D eigenvalue weighted by Crippen LogP contribution is 2.41. The first-order valence-electron chi connectivity index (χ1n) is 6.18. The normalized spacial score (nSPS) is 31.9. The molecule has 0 saturated carbocycles. The van der Waals surface area contributed by atoms with Gasteiger partial charge in [0.05, 0.1) is 23.4 Å². The van der Waals surface area contributed by atoms with Gasteiger partial charge in [0.25, 0.3) is 0 Å². The zero-order chi connectivity index (χ0) is 12.6. The molecule has 2 saturated heterocycles. The van der Waals surface area contributed by atoms with Crippen molar-refractivity contribution < 1.29 is 14.6 Å². The van der Waals surface area contributed by atoms with E-state index in [-0.39, 0.29) is 17.2 Å². The van der Waals surface area contributed by atoms with Crippen LogP contribution in [0.5, 0.6) is 0 Å². The van der Waals surface area contributed by atoms with Crippen molar-refractivity contribution in [3.8, 4) is 0 Å². The quantitative estimate of drug-likeness (QED) is 0.886. The summed E-state index contributed by atoms with van der Waals surface area (Å²) in [5.41, 5.74) is 0.263. The van der Waals surface area contributed by atoms with E-state index in [2.05, 4.69) is 5.10 Å². The topological polar surface area (TPSA) is 64.3 Å². The van der Waals surface area contributed by atoms with Crippen LogP contribution in [0.2, 0.25) is 0 Å². The number of ether oxygens (including phenoxy) is 1. The lowest BCUT2D eigenvalue weighted by Crippen LogP contribution is -2.40. The van der Waals surface area contributed by atoms with E-state index in [9.17, 15) is 4.79 Å². The maximum Gasteiger partial charge on any atom is 0.338 e. The van der Waals surface area contributed by atoms with Gasteiger partial charge < -0.3 is 9.84 Å². The molecule has 1 spiro atoms. The summed E-state index contributed by atoms with van der Waals surface area (Å²) in [6.07, 6.45) is 6.01. The third-order valence-electron chi connectivity index (χ3n) is 3.76. The fourth-order valence-corrected chi connectivity index (χ4v) is 4.12. The number of hydrogen-bond acceptors (Lipinski definition) is 4. The fourth-order valence-electron chi connectivity index (χ4n) is 2.74. The van der Waals surface area contributed by atoms with Gasteiger partial charge in [0.15, 0.2) is 0 Å². The van der Waals surface area contributed by atoms with Crippen LogP contribution in [-0.4, -0.2) is 44.6 Å². The van der Waals surface area contributed by atoms with Crippen molar-refractivity contribution in [2.75, 3.05) is 18.1 Å². The molecule has 2 aliphatic rings. The van der Waals surface area contributed by atoms with Crippen LogP contribution in [0.15, 0.2) is 12.4 Å². The van der Waals surface area contributed by atoms with Gasteiger partial charge in [-0.2, -0.15) is 16.9 Å². The van der Waals surface area contributed by atoms with Gasteiger partial charge in [0.1, 0.15) is 0 Å². The number of hydrogen-bond donors (Lipinski definition) is 1. The largest absolute Gasteiger partial charge is 0.478 e. The predicted molar refractivity (Wildman–Crippen MR) is 68.1 cm³/mol. The van der Waals surface area contributed by atoms with Crippen molar-refractivity contribution in [1.29, 1.82) is 0 Å². The van der Waals surface area contributed by atoms with Crippen LogP contribution in [0.3, 0.4) is 0 Å². The van der Waals surface area contributed by atoms with Gasteiger partial charge in [-0.1, -0.05) is 0 Å². The minimum atomic E-state index is -0.917. The van der Waals surface area contributed by atoms with Crippen molar-refractivity contribution >= 4 is 17.7 Å². The molecule has 1 N–H and O–H groups in total. The van der Waals surface area contributed by atoms with Gasteiger partial charge in [-0.3, -0.25) is 4.68 Å². The molecule has 2 fully saturated rings. The van der Waals surface area contributed by atoms with Crippen molar-refractivity contribution in [2.24, 2.45) is 0 Å². The summed E-state index contributed by atoms with van der Waals surface area (Å²) in [5, 5.41) is 13.1. The summed E-state index contributed by atoms with van der Waals surface area (Å²) in [7, 11) is 0. The monoisotopic (exact) mass is 268 g/mol. The molecule has 1 aromatic rings. The smallest absolute Gasteiger partial charge is 0.338 e. The maximum atomic E-state index is 10.9. The molecule has 0 bridgehead atoms. The first kappa shape index (κ1) is 12.0. The number of aromatic nitrogens is 2. The van der Waals surface area contributed by atoms with Crippen molar-refractivity contribution in [1.82, 2.24) is 9.78 Å². The second-order valence-electron chi connectivity index (χ2n) is 4.99. The molecule has 0 amide bonds. The first-order chi connectivity index (χ1) is 8.69. The Kier molecular flexibility index (Phi) is 3.07. The minimum Gasteiger partial charge on any atom is -0.478 e. The lowest BCUT2D eigenvalue weighted by Gasteiger charge is -2.37. The van der Waals surface area contributed by atoms with Crippen LogP contribution in [0.25, 0.3) is 0 Å². The zero-order valence-corrected chi connectivity index (χ0v) is 10.9. The molecule has 0 radical (unpaired) electrons. The molecule has 18 heavy (non-hydrogen) atoms. The predicted octanol–water partition coefficient (Wildman–Crippen LogP) is 1.81. The van der Waals surface area contributed by atoms with Crippen LogP contribution < -0.4 is 0 Å². The van der Waals surface area contributed by atoms with Crippen molar-refractivity contribution in [3.63, 3.8) is 0 Å². The molecule has 0 aliphatic carbocycles. The van der Waals surface area contributed by atoms with Gasteiger partial charge in [-0.05, 0) is 25.0 Å². The lowest BCUT2D eigenvalue weighted by atomic mass is 9.90. The molecular formula is C12H16N2O3S. The van der Waals surface area contributed by atoms with Crippen LogP contribution in [-0.2, 0) is 4.74 Å². The Hall–Kier alpha value is -1.01. The van der Waals surface area contributed by atoms with E-state index < -0.39 is 5.97 Å². The third-order valence-corrected chi connectivity index (χ3v) is 4.98. The number of nitrogens with zero attached hydrogens (tertiary/aromatic N) is 2. The van der Waals surface area contributed by atoms with Gasteiger partial charge in [0, 0.05) is 18.6 Å². The van der Waals surface area contributed by atoms with Crippen molar-refractivity contribution in [3.05, 3.63) is 18.0 Å². The molecule has 3 rings (SSSR count). The molecule has 3 heterocycles. The molecular weight excluding hydrogens is 252 g/mol. The first-order valence-corrected chi connectivity index (χ1v) is 7.33. The maximum absolute atomic E-state index is 10.9. The molecule has 2 aliphatic heterocycles. The van der Waals surface area contributed by atoms with Crippen LogP contribution >= 0.6 is 11.8 Å². The standard InChI is InChI=1S/C12H16N2O3S/c15-11(16)9-6-13-14(7-9)10-1-3-17-12(5-10)2-4-18-8-12/h6-7,10H,1-5,8H2,(H,15,16). The summed E-state index contributed by atoms with van der Waals surface area (Å²) in [5.74, 6) is 1.29. The summed E-state index contributed by atoms with van der Waals surface area (Å²) in [6.45, 7) is 0.744. The molecule has 5 nitrogen and oxygen atoms in total. The van der Waals surface area contributed by atoms with E-state index >= 15 is 0 Å². The zero-order valence-electron chi connectivity index (χ0n) is 10.0. The molecule has 0 aromatic carbocycles. The van der Waals surface area contributed by atoms with Gasteiger partial charge >= 0.3 is 5.97 Å². The number of carbonyl (C=O) groups is 1. The number of carboxylic acid groups (broad SMARTS) is 1. The molecule has 98 valence electrons. The van der Waals surface area contributed by atoms with Gasteiger partial charge in [0.2, 0.25) is 0 Å². The summed E-state index contributed by atoms with van der Waals surface area (Å²) in [6, 6.07) is 0.269. The van der Waals surface area contributed by atoms with Gasteiger partial charge in [-0.25, -0.2) is 4.79 Å². The van der Waals surface area contributed by atoms with E-state index in [1.54, 1.807) is 10.9 Å². The second-order valence-corrected chi connectivity index (χ2v) is 6.10. The van der Waals surface area contributed by atoms with Crippen molar-refractivity contribution in [2.45, 2.75) is 30.9 Å². The SMILES string of the molecule is O=C(O)c1cnn(C2CCOC3(CCSC3)C2)c1. The Morgan fingerprint density at radius 3 is 3.22 bits per heavy atom. The molecule has 1 aromatic heterocycles. The Balaban J connectivity index is 1.76. The van der Waals surface area contributed by atoms with Gasteiger partial charge in [-0.15, -0.1) is 0 Å². The molecule has 2 unspecified atom stereocenters. The van der Waals surface area contributed by atoms with Crippen LogP contribution in [0.4, 0.5) is 0 Å². The van der Waals surface area contributed by atoms with Crippen LogP contribution in [0.1, 0.15) is 35.7 Å². The van der Waals surface area contributed by atoms with E-state index in [0.717, 1.165) is 37.4 Å². The Morgan fingerprint density at radius 2 is 2.56 bits per heavy atom. The second kappa shape index (κ2) is 4.59. The number of aromatic carboxylic acids is 1. The summed E-state index contributed by atoms with van der Waals surface area (Å²) in [4.78, 5) is 10.9. The average Bonchev–Trinajstić information content (AvgIpc) is 2.98. The van der Waals surface area contributed by atoms with E-state index in [1.165, 1.54) is 6.20 Å². The number of carboxylic acids is 1. The highest BCUT2D eigenvalue weighted by Gasteiger charge is 2.41. The van der Waals surface area contributed by atoms with E-state index in [4.69, 9.17) is 9.84 Å². The van der Waals surface area contributed by atoms with E-state index in [1.807, 2.05) is 11.8 Å². The van der Waals surface area contributed by atoms with Crippen LogP contribution in [0, 0.1) is 0 Å². The highest BCUT2D eigenvalue weighted by molar-refractivity contribution is 7.99. The summed E-state index contributed by atoms with van der Waals surface area (Å²) < 4.78 is 7.76. The average molecular weight is 268 g/mol. The Bertz CT molecular complexity index is 454. The third kappa shape index (κ3) is 2.14. The summed E-state index contributed by atoms with van der Waals surface area (Å²) >= 11 is 1.94. The number of rotatable bonds is 2. The Morgan fingerprint density at radius 1 is 1.67 bits per heavy atom. The molecule has 2 atom stereocenters. The lowest BCUT2D eigenvalue weighted by molar-refractivity contribution is -0.0778. The number of thioether (sulfide) groups is 1. The fraction of sp³-hybridized carbons (Fsp3) is 0.667. The van der Waals surface area contributed by atoms with E-state index in [0.29, 0.717) is 0 Å².